The first kappa shape index (κ1) is 12.4. The molecule has 0 spiro atoms. The van der Waals surface area contributed by atoms with Gasteiger partial charge in [0.15, 0.2) is 0 Å². The van der Waals surface area contributed by atoms with Crippen LogP contribution in [0.3, 0.4) is 0 Å². The Bertz CT molecular complexity index is 707. The molecule has 0 heterocycles. The lowest BCUT2D eigenvalue weighted by molar-refractivity contribution is 0.548. The summed E-state index contributed by atoms with van der Waals surface area (Å²) in [4.78, 5) is 0. The Morgan fingerprint density at radius 2 is 1.43 bits per heavy atom. The number of hydrogen-bond donors (Lipinski definition) is 0. The van der Waals surface area contributed by atoms with Crippen molar-refractivity contribution in [1.29, 1.82) is 0 Å². The zero-order chi connectivity index (χ0) is 14.1. The summed E-state index contributed by atoms with van der Waals surface area (Å²) in [5.41, 5.74) is 4.25. The van der Waals surface area contributed by atoms with Gasteiger partial charge in [0, 0.05) is 17.8 Å². The van der Waals surface area contributed by atoms with Gasteiger partial charge in [0.05, 0.1) is 0 Å². The predicted octanol–water partition coefficient (Wildman–Crippen LogP) is 5.32. The molecule has 2 aromatic rings. The number of rotatable bonds is 3. The maximum atomic E-state index is 2.38. The quantitative estimate of drug-likeness (QED) is 0.707. The summed E-state index contributed by atoms with van der Waals surface area (Å²) in [6.07, 6.45) is 13.6. The highest BCUT2D eigenvalue weighted by Gasteiger charge is 2.31. The van der Waals surface area contributed by atoms with Gasteiger partial charge in [0.2, 0.25) is 0 Å². The van der Waals surface area contributed by atoms with Crippen LogP contribution in [0.4, 0.5) is 0 Å². The second-order valence-corrected chi connectivity index (χ2v) is 5.80. The lowest BCUT2D eigenvalue weighted by Gasteiger charge is -2.28. The van der Waals surface area contributed by atoms with E-state index in [9.17, 15) is 0 Å². The van der Waals surface area contributed by atoms with Crippen LogP contribution in [0.2, 0.25) is 0 Å². The normalized spacial score (nSPS) is 20.9. The highest BCUT2D eigenvalue weighted by atomic mass is 14.3. The maximum absolute atomic E-state index is 2.38. The van der Waals surface area contributed by atoms with E-state index in [0.29, 0.717) is 17.8 Å². The van der Waals surface area contributed by atoms with Gasteiger partial charge in [-0.05, 0) is 16.7 Å². The van der Waals surface area contributed by atoms with Crippen molar-refractivity contribution < 1.29 is 0 Å². The van der Waals surface area contributed by atoms with Crippen molar-refractivity contribution in [3.05, 3.63) is 102 Å². The van der Waals surface area contributed by atoms with E-state index in [4.69, 9.17) is 0 Å². The van der Waals surface area contributed by atoms with Gasteiger partial charge >= 0.3 is 0 Å². The fourth-order valence-corrected chi connectivity index (χ4v) is 3.62. The maximum Gasteiger partial charge on any atom is 0.0105 e. The Labute approximate surface area is 126 Å². The molecule has 0 fully saturated rings. The molecule has 0 aliphatic heterocycles. The molecule has 21 heavy (non-hydrogen) atoms. The van der Waals surface area contributed by atoms with Crippen LogP contribution in [0.25, 0.3) is 6.08 Å². The molecular weight excluding hydrogens is 252 g/mol. The van der Waals surface area contributed by atoms with Crippen LogP contribution >= 0.6 is 0 Å². The van der Waals surface area contributed by atoms with Crippen LogP contribution in [0, 0.1) is 5.92 Å². The first-order valence-corrected chi connectivity index (χ1v) is 7.60. The van der Waals surface area contributed by atoms with E-state index in [1.54, 1.807) is 0 Å². The van der Waals surface area contributed by atoms with Crippen LogP contribution in [0.1, 0.15) is 28.5 Å². The van der Waals surface area contributed by atoms with E-state index in [1.165, 1.54) is 16.7 Å². The molecule has 0 heteroatoms. The standard InChI is InChI=1S/C21H18/c1-2-9-17(10-3-1)21(18-11-4-5-12-18)20-15-14-16-8-6-7-13-19(16)20/h1-15,18,20-21H. The minimum Gasteiger partial charge on any atom is -0.0770 e. The SMILES string of the molecule is C1=CC(C(c2ccccc2)C2C=Cc3ccccc32)C=C1. The molecular formula is C21H18. The summed E-state index contributed by atoms with van der Waals surface area (Å²) >= 11 is 0. The first-order valence-electron chi connectivity index (χ1n) is 7.60. The molecule has 102 valence electrons. The van der Waals surface area contributed by atoms with Crippen LogP contribution in [0.15, 0.2) is 85.0 Å². The minimum absolute atomic E-state index is 0.459. The van der Waals surface area contributed by atoms with Crippen molar-refractivity contribution in [1.82, 2.24) is 0 Å². The smallest absolute Gasteiger partial charge is 0.0105 e. The van der Waals surface area contributed by atoms with Crippen molar-refractivity contribution >= 4 is 6.08 Å². The third-order valence-corrected chi connectivity index (χ3v) is 4.60. The van der Waals surface area contributed by atoms with Crippen molar-refractivity contribution in [3.8, 4) is 0 Å². The van der Waals surface area contributed by atoms with Crippen LogP contribution < -0.4 is 0 Å². The van der Waals surface area contributed by atoms with Crippen molar-refractivity contribution in [2.75, 3.05) is 0 Å². The fraction of sp³-hybridized carbons (Fsp3) is 0.143. The largest absolute Gasteiger partial charge is 0.0770 e. The minimum atomic E-state index is 0.459. The van der Waals surface area contributed by atoms with Gasteiger partial charge < -0.3 is 0 Å². The van der Waals surface area contributed by atoms with E-state index < -0.39 is 0 Å². The second-order valence-electron chi connectivity index (χ2n) is 5.80. The lowest BCUT2D eigenvalue weighted by Crippen LogP contribution is -2.15. The molecule has 2 atom stereocenters. The molecule has 2 unspecified atom stereocenters. The monoisotopic (exact) mass is 270 g/mol. The Hall–Kier alpha value is -2.34. The Kier molecular flexibility index (Phi) is 3.08. The van der Waals surface area contributed by atoms with Gasteiger partial charge in [0.25, 0.3) is 0 Å². The highest BCUT2D eigenvalue weighted by Crippen LogP contribution is 2.45. The lowest BCUT2D eigenvalue weighted by atomic mass is 9.75. The van der Waals surface area contributed by atoms with Crippen molar-refractivity contribution in [3.63, 3.8) is 0 Å². The first-order chi connectivity index (χ1) is 10.4. The predicted molar refractivity (Wildman–Crippen MR) is 89.2 cm³/mol. The average molecular weight is 270 g/mol. The molecule has 2 aliphatic rings. The Morgan fingerprint density at radius 1 is 0.714 bits per heavy atom. The molecule has 0 saturated carbocycles. The fourth-order valence-electron chi connectivity index (χ4n) is 3.62. The average Bonchev–Trinajstić information content (AvgIpc) is 3.20. The third-order valence-electron chi connectivity index (χ3n) is 4.60. The molecule has 0 saturated heterocycles. The molecule has 0 radical (unpaired) electrons. The number of benzene rings is 2. The van der Waals surface area contributed by atoms with Crippen molar-refractivity contribution in [2.45, 2.75) is 11.8 Å². The van der Waals surface area contributed by atoms with Gasteiger partial charge in [0.1, 0.15) is 0 Å². The summed E-state index contributed by atoms with van der Waals surface area (Å²) in [7, 11) is 0. The summed E-state index contributed by atoms with van der Waals surface area (Å²) < 4.78 is 0. The zero-order valence-corrected chi connectivity index (χ0v) is 11.9. The molecule has 0 aromatic heterocycles. The number of allylic oxidation sites excluding steroid dienone is 5. The van der Waals surface area contributed by atoms with Crippen LogP contribution in [-0.2, 0) is 0 Å². The molecule has 2 aromatic carbocycles. The van der Waals surface area contributed by atoms with E-state index in [0.717, 1.165) is 0 Å². The van der Waals surface area contributed by atoms with E-state index >= 15 is 0 Å². The molecule has 0 nitrogen and oxygen atoms in total. The topological polar surface area (TPSA) is 0 Å². The second kappa shape index (κ2) is 5.21. The molecule has 0 amide bonds. The van der Waals surface area contributed by atoms with Crippen LogP contribution in [-0.4, -0.2) is 0 Å². The molecule has 0 N–H and O–H groups in total. The number of fused-ring (bicyclic) bond motifs is 1. The van der Waals surface area contributed by atoms with Gasteiger partial charge in [-0.25, -0.2) is 0 Å². The van der Waals surface area contributed by atoms with E-state index in [-0.39, 0.29) is 0 Å². The van der Waals surface area contributed by atoms with Gasteiger partial charge in [-0.1, -0.05) is 91.1 Å². The summed E-state index contributed by atoms with van der Waals surface area (Å²) in [5.74, 6) is 1.41. The van der Waals surface area contributed by atoms with Gasteiger partial charge in [-0.15, -0.1) is 0 Å². The third kappa shape index (κ3) is 2.17. The summed E-state index contributed by atoms with van der Waals surface area (Å²) in [5, 5.41) is 0. The van der Waals surface area contributed by atoms with Gasteiger partial charge in [-0.3, -0.25) is 0 Å². The Morgan fingerprint density at radius 3 is 2.24 bits per heavy atom. The van der Waals surface area contributed by atoms with Crippen LogP contribution in [0.5, 0.6) is 0 Å². The zero-order valence-electron chi connectivity index (χ0n) is 11.9. The van der Waals surface area contributed by atoms with Crippen molar-refractivity contribution in [2.24, 2.45) is 5.92 Å². The Balaban J connectivity index is 1.79. The molecule has 4 rings (SSSR count). The molecule has 2 aliphatic carbocycles. The summed E-state index contributed by atoms with van der Waals surface area (Å²) in [6.45, 7) is 0. The summed E-state index contributed by atoms with van der Waals surface area (Å²) in [6, 6.07) is 19.7. The van der Waals surface area contributed by atoms with E-state index in [1.807, 2.05) is 0 Å². The van der Waals surface area contributed by atoms with Gasteiger partial charge in [-0.2, -0.15) is 0 Å². The van der Waals surface area contributed by atoms with E-state index in [2.05, 4.69) is 91.1 Å². The highest BCUT2D eigenvalue weighted by molar-refractivity contribution is 5.63. The molecule has 0 bridgehead atoms. The number of hydrogen-bond acceptors (Lipinski definition) is 0.